The first-order valence-electron chi connectivity index (χ1n) is 8.23. The van der Waals surface area contributed by atoms with E-state index in [1.165, 1.54) is 17.4 Å². The van der Waals surface area contributed by atoms with Crippen molar-refractivity contribution in [1.82, 2.24) is 4.98 Å². The molecule has 0 aromatic carbocycles. The minimum atomic E-state index is -0.759. The summed E-state index contributed by atoms with van der Waals surface area (Å²) in [7, 11) is 0. The summed E-state index contributed by atoms with van der Waals surface area (Å²) >= 11 is 1.30. The van der Waals surface area contributed by atoms with Crippen LogP contribution in [0.25, 0.3) is 0 Å². The molecule has 4 heterocycles. The van der Waals surface area contributed by atoms with Gasteiger partial charge in [-0.1, -0.05) is 0 Å². The van der Waals surface area contributed by atoms with E-state index < -0.39 is 24.0 Å². The Morgan fingerprint density at radius 2 is 1.76 bits per heavy atom. The largest absolute Gasteiger partial charge is 0.342 e. The van der Waals surface area contributed by atoms with E-state index >= 15 is 0 Å². The average Bonchev–Trinajstić information content (AvgIpc) is 3.19. The zero-order valence-corrected chi connectivity index (χ0v) is 15.3. The van der Waals surface area contributed by atoms with E-state index in [-0.39, 0.29) is 24.1 Å². The molecule has 3 aliphatic rings. The van der Waals surface area contributed by atoms with Gasteiger partial charge in [-0.25, -0.2) is 4.98 Å². The van der Waals surface area contributed by atoms with Gasteiger partial charge in [0, 0.05) is 11.6 Å². The molecule has 0 saturated carbocycles. The second kappa shape index (κ2) is 5.94. The van der Waals surface area contributed by atoms with Crippen molar-refractivity contribution in [2.24, 2.45) is 0 Å². The number of carbonyl (C=O) groups excluding carboxylic acids is 1. The summed E-state index contributed by atoms with van der Waals surface area (Å²) in [5.74, 6) is -1.68. The molecule has 0 amide bonds. The first kappa shape index (κ1) is 17.3. The molecular weight excluding hydrogens is 346 g/mol. The molecule has 0 bridgehead atoms. The van der Waals surface area contributed by atoms with Crippen LogP contribution in [-0.4, -0.2) is 53.0 Å². The SMILES string of the molecule is CC1(C)O[C@H]2[C@@H](O1)[C@@H](/C=C\C(=O)c1nccs1)O[C@@H]1OC(C)(C)O[C@@H]12. The summed E-state index contributed by atoms with van der Waals surface area (Å²) in [6.45, 7) is 7.37. The Bertz CT molecular complexity index is 685. The van der Waals surface area contributed by atoms with Gasteiger partial charge in [-0.3, -0.25) is 4.79 Å². The van der Waals surface area contributed by atoms with Crippen LogP contribution in [0.3, 0.4) is 0 Å². The van der Waals surface area contributed by atoms with Crippen LogP contribution in [0.5, 0.6) is 0 Å². The molecule has 0 N–H and O–H groups in total. The van der Waals surface area contributed by atoms with Crippen LogP contribution in [0.2, 0.25) is 0 Å². The number of ether oxygens (including phenoxy) is 5. The summed E-state index contributed by atoms with van der Waals surface area (Å²) in [6.07, 6.45) is 2.63. The molecular formula is C17H21NO6S. The van der Waals surface area contributed by atoms with Gasteiger partial charge < -0.3 is 23.7 Å². The van der Waals surface area contributed by atoms with Crippen LogP contribution in [0.15, 0.2) is 23.7 Å². The van der Waals surface area contributed by atoms with Crippen LogP contribution in [0.4, 0.5) is 0 Å². The molecule has 1 aromatic rings. The number of allylic oxidation sites excluding steroid dienone is 1. The number of rotatable bonds is 3. The minimum Gasteiger partial charge on any atom is -0.342 e. The first-order chi connectivity index (χ1) is 11.7. The molecule has 7 nitrogen and oxygen atoms in total. The topological polar surface area (TPSA) is 76.1 Å². The van der Waals surface area contributed by atoms with E-state index in [0.717, 1.165) is 0 Å². The highest BCUT2D eigenvalue weighted by molar-refractivity contribution is 7.11. The lowest BCUT2D eigenvalue weighted by molar-refractivity contribution is -0.222. The Kier molecular flexibility index (Phi) is 4.10. The van der Waals surface area contributed by atoms with Gasteiger partial charge in [0.2, 0.25) is 5.78 Å². The van der Waals surface area contributed by atoms with Gasteiger partial charge in [0.25, 0.3) is 0 Å². The maximum absolute atomic E-state index is 12.2. The van der Waals surface area contributed by atoms with Crippen LogP contribution in [0, 0.1) is 0 Å². The van der Waals surface area contributed by atoms with E-state index in [1.54, 1.807) is 17.7 Å². The highest BCUT2D eigenvalue weighted by atomic mass is 32.1. The Morgan fingerprint density at radius 3 is 2.48 bits per heavy atom. The number of ketones is 1. The second-order valence-electron chi connectivity index (χ2n) is 7.19. The van der Waals surface area contributed by atoms with E-state index in [9.17, 15) is 4.79 Å². The fourth-order valence-electron chi connectivity index (χ4n) is 3.40. The summed E-state index contributed by atoms with van der Waals surface area (Å²) in [5.41, 5.74) is 0. The Morgan fingerprint density at radius 1 is 1.08 bits per heavy atom. The number of fused-ring (bicyclic) bond motifs is 3. The Labute approximate surface area is 149 Å². The number of thiazole rings is 1. The van der Waals surface area contributed by atoms with Crippen molar-refractivity contribution in [2.75, 3.05) is 0 Å². The Balaban J connectivity index is 1.56. The summed E-state index contributed by atoms with van der Waals surface area (Å²) in [4.78, 5) is 16.2. The van der Waals surface area contributed by atoms with Gasteiger partial charge in [0.15, 0.2) is 22.9 Å². The molecule has 5 atom stereocenters. The standard InChI is InChI=1S/C17H21NO6S/c1-16(2)21-11-10(6-5-9(19)14-18-7-8-25-14)20-15-13(12(11)22-16)23-17(3,4)24-15/h5-8,10-13,15H,1-4H3/b6-5-/t10-,11+,12+,13-,15-/m1/s1. The number of nitrogens with zero attached hydrogens (tertiary/aromatic N) is 1. The molecule has 0 aliphatic carbocycles. The fourth-order valence-corrected chi connectivity index (χ4v) is 3.95. The van der Waals surface area contributed by atoms with Gasteiger partial charge in [-0.15, -0.1) is 11.3 Å². The predicted octanol–water partition coefficient (Wildman–Crippen LogP) is 2.28. The number of aromatic nitrogens is 1. The van der Waals surface area contributed by atoms with Crippen molar-refractivity contribution < 1.29 is 28.5 Å². The molecule has 25 heavy (non-hydrogen) atoms. The van der Waals surface area contributed by atoms with Gasteiger partial charge in [0.1, 0.15) is 24.4 Å². The molecule has 3 saturated heterocycles. The van der Waals surface area contributed by atoms with Crippen LogP contribution in [0.1, 0.15) is 37.5 Å². The molecule has 0 unspecified atom stereocenters. The molecule has 0 radical (unpaired) electrons. The van der Waals surface area contributed by atoms with Crippen LogP contribution >= 0.6 is 11.3 Å². The van der Waals surface area contributed by atoms with Crippen molar-refractivity contribution >= 4 is 17.1 Å². The maximum Gasteiger partial charge on any atom is 0.214 e. The van der Waals surface area contributed by atoms with Gasteiger partial charge in [-0.05, 0) is 39.8 Å². The molecule has 1 aromatic heterocycles. The lowest BCUT2D eigenvalue weighted by Crippen LogP contribution is -2.54. The lowest BCUT2D eigenvalue weighted by atomic mass is 9.98. The number of hydrogen-bond donors (Lipinski definition) is 0. The predicted molar refractivity (Wildman–Crippen MR) is 88.1 cm³/mol. The van der Waals surface area contributed by atoms with E-state index in [1.807, 2.05) is 27.7 Å². The third-order valence-electron chi connectivity index (χ3n) is 4.27. The molecule has 3 aliphatic heterocycles. The first-order valence-corrected chi connectivity index (χ1v) is 9.11. The Hall–Kier alpha value is -1.16. The molecule has 136 valence electrons. The third-order valence-corrected chi connectivity index (χ3v) is 5.06. The van der Waals surface area contributed by atoms with Gasteiger partial charge in [-0.2, -0.15) is 0 Å². The van der Waals surface area contributed by atoms with Crippen molar-refractivity contribution in [3.05, 3.63) is 28.7 Å². The highest BCUT2D eigenvalue weighted by Gasteiger charge is 2.60. The monoisotopic (exact) mass is 367 g/mol. The van der Waals surface area contributed by atoms with Crippen molar-refractivity contribution in [1.29, 1.82) is 0 Å². The van der Waals surface area contributed by atoms with E-state index in [4.69, 9.17) is 23.7 Å². The summed E-state index contributed by atoms with van der Waals surface area (Å²) in [6, 6.07) is 0. The van der Waals surface area contributed by atoms with Crippen molar-refractivity contribution in [3.8, 4) is 0 Å². The van der Waals surface area contributed by atoms with Crippen LogP contribution < -0.4 is 0 Å². The second-order valence-corrected chi connectivity index (χ2v) is 8.09. The quantitative estimate of drug-likeness (QED) is 0.599. The van der Waals surface area contributed by atoms with Crippen molar-refractivity contribution in [3.63, 3.8) is 0 Å². The average molecular weight is 367 g/mol. The summed E-state index contributed by atoms with van der Waals surface area (Å²) in [5, 5.41) is 2.20. The van der Waals surface area contributed by atoms with Gasteiger partial charge in [0.05, 0.1) is 0 Å². The fraction of sp³-hybridized carbons (Fsp3) is 0.647. The third kappa shape index (κ3) is 3.30. The normalized spacial score (nSPS) is 38.6. The molecule has 3 fully saturated rings. The smallest absolute Gasteiger partial charge is 0.214 e. The molecule has 4 rings (SSSR count). The van der Waals surface area contributed by atoms with E-state index in [2.05, 4.69) is 4.98 Å². The van der Waals surface area contributed by atoms with Crippen molar-refractivity contribution in [2.45, 2.75) is 70.0 Å². The van der Waals surface area contributed by atoms with Crippen LogP contribution in [-0.2, 0) is 23.7 Å². The highest BCUT2D eigenvalue weighted by Crippen LogP contribution is 2.44. The zero-order chi connectivity index (χ0) is 17.8. The maximum atomic E-state index is 12.2. The number of hydrogen-bond acceptors (Lipinski definition) is 8. The zero-order valence-electron chi connectivity index (χ0n) is 14.5. The molecule has 8 heteroatoms. The lowest BCUT2D eigenvalue weighted by Gasteiger charge is -2.35. The number of carbonyl (C=O) groups is 1. The van der Waals surface area contributed by atoms with E-state index in [0.29, 0.717) is 5.01 Å². The minimum absolute atomic E-state index is 0.167. The summed E-state index contributed by atoms with van der Waals surface area (Å²) < 4.78 is 29.8. The molecule has 0 spiro atoms. The van der Waals surface area contributed by atoms with Gasteiger partial charge >= 0.3 is 0 Å².